The Morgan fingerprint density at radius 2 is 1.53 bits per heavy atom. The van der Waals surface area contributed by atoms with Crippen molar-refractivity contribution < 1.29 is 37.3 Å². The van der Waals surface area contributed by atoms with Crippen LogP contribution in [0.5, 0.6) is 11.5 Å². The van der Waals surface area contributed by atoms with Gasteiger partial charge in [-0.05, 0) is 41.5 Å². The number of aliphatic hydroxyl groups is 1. The molecule has 0 fully saturated rings. The van der Waals surface area contributed by atoms with Crippen molar-refractivity contribution in [1.82, 2.24) is 14.9 Å². The van der Waals surface area contributed by atoms with Crippen LogP contribution in [0.2, 0.25) is 0 Å². The number of alkyl carbamates (subject to hydrolysis) is 1. The number of fused-ring (bicyclic) bond motifs is 1. The van der Waals surface area contributed by atoms with Gasteiger partial charge in [0.2, 0.25) is 22.7 Å². The molecular weight excluding hydrogens is 622 g/mol. The van der Waals surface area contributed by atoms with Crippen LogP contribution < -0.4 is 20.1 Å². The lowest BCUT2D eigenvalue weighted by Crippen LogP contribution is -2.57. The van der Waals surface area contributed by atoms with Gasteiger partial charge in [0.05, 0.1) is 17.0 Å². The van der Waals surface area contributed by atoms with E-state index in [2.05, 4.69) is 10.6 Å². The number of benzene rings is 3. The lowest BCUT2D eigenvalue weighted by atomic mass is 9.96. The quantitative estimate of drug-likeness (QED) is 0.203. The third-order valence-electron chi connectivity index (χ3n) is 8.01. The van der Waals surface area contributed by atoms with Crippen LogP contribution in [0, 0.1) is 11.8 Å². The van der Waals surface area contributed by atoms with Gasteiger partial charge in [-0.15, -0.1) is 0 Å². The second kappa shape index (κ2) is 16.6. The predicted octanol–water partition coefficient (Wildman–Crippen LogP) is 4.49. The van der Waals surface area contributed by atoms with Crippen LogP contribution in [0.1, 0.15) is 45.2 Å². The zero-order valence-electron chi connectivity index (χ0n) is 27.3. The van der Waals surface area contributed by atoms with Crippen LogP contribution in [-0.2, 0) is 32.6 Å². The van der Waals surface area contributed by atoms with Gasteiger partial charge >= 0.3 is 6.09 Å². The molecule has 254 valence electrons. The molecule has 4 rings (SSSR count). The molecule has 1 aliphatic rings. The van der Waals surface area contributed by atoms with Crippen LogP contribution in [0.15, 0.2) is 83.8 Å². The highest BCUT2D eigenvalue weighted by Gasteiger charge is 2.34. The molecule has 1 heterocycles. The molecule has 0 bridgehead atoms. The van der Waals surface area contributed by atoms with Gasteiger partial charge in [-0.1, -0.05) is 94.8 Å². The van der Waals surface area contributed by atoms with Crippen molar-refractivity contribution in [3.05, 3.63) is 90.0 Å². The minimum atomic E-state index is -4.07. The largest absolute Gasteiger partial charge is 0.454 e. The van der Waals surface area contributed by atoms with Crippen molar-refractivity contribution >= 4 is 22.0 Å². The van der Waals surface area contributed by atoms with Crippen LogP contribution in [0.4, 0.5) is 4.79 Å². The highest BCUT2D eigenvalue weighted by atomic mass is 32.2. The molecule has 0 radical (unpaired) electrons. The van der Waals surface area contributed by atoms with Gasteiger partial charge < -0.3 is 30.0 Å². The number of carbonyl (C=O) groups excluding carboxylic acids is 2. The summed E-state index contributed by atoms with van der Waals surface area (Å²) in [4.78, 5) is 26.6. The standard InChI is InChI=1S/C35H45N3O8S/c1-5-25(4)33(37-35(41)44-22-27-14-10-7-11-15-27)34(40)36-29(18-26-12-8-6-9-13-26)30(39)21-38(20-24(2)3)47(42,43)28-16-17-31-32(19-28)46-23-45-31/h6-17,19,24-25,29-30,33,39H,5,18,20-23H2,1-4H3,(H,36,40)(H,37,41)/t25-,29?,30+,33-/m0/s1. The number of sulfonamides is 1. The number of rotatable bonds is 16. The number of nitrogens with zero attached hydrogens (tertiary/aromatic N) is 1. The smallest absolute Gasteiger partial charge is 0.408 e. The van der Waals surface area contributed by atoms with Gasteiger partial charge in [0.15, 0.2) is 11.5 Å². The summed E-state index contributed by atoms with van der Waals surface area (Å²) < 4.78 is 45.1. The Morgan fingerprint density at radius 3 is 2.17 bits per heavy atom. The molecule has 0 saturated carbocycles. The summed E-state index contributed by atoms with van der Waals surface area (Å²) in [5.74, 6) is -0.0497. The van der Waals surface area contributed by atoms with E-state index in [9.17, 15) is 23.1 Å². The summed E-state index contributed by atoms with van der Waals surface area (Å²) in [7, 11) is -4.07. The highest BCUT2D eigenvalue weighted by Crippen LogP contribution is 2.35. The van der Waals surface area contributed by atoms with Gasteiger partial charge in [0.25, 0.3) is 0 Å². The Kier molecular flexibility index (Phi) is 12.6. The summed E-state index contributed by atoms with van der Waals surface area (Å²) in [6.07, 6.45) is -1.24. The van der Waals surface area contributed by atoms with E-state index in [1.165, 1.54) is 16.4 Å². The SMILES string of the molecule is CC[C@H](C)[C@H](NC(=O)OCc1ccccc1)C(=O)NC(Cc1ccccc1)[C@H](O)CN(CC(C)C)S(=O)(=O)c1ccc2c(c1)OCO2. The predicted molar refractivity (Wildman–Crippen MR) is 177 cm³/mol. The lowest BCUT2D eigenvalue weighted by Gasteiger charge is -2.32. The lowest BCUT2D eigenvalue weighted by molar-refractivity contribution is -0.125. The van der Waals surface area contributed by atoms with E-state index in [1.54, 1.807) is 6.07 Å². The third-order valence-corrected chi connectivity index (χ3v) is 9.84. The number of carbonyl (C=O) groups is 2. The summed E-state index contributed by atoms with van der Waals surface area (Å²) in [5.41, 5.74) is 1.64. The van der Waals surface area contributed by atoms with Gasteiger partial charge in [-0.25, -0.2) is 13.2 Å². The fraction of sp³-hybridized carbons (Fsp3) is 0.429. The number of hydrogen-bond acceptors (Lipinski definition) is 8. The van der Waals surface area contributed by atoms with Crippen molar-refractivity contribution in [3.63, 3.8) is 0 Å². The van der Waals surface area contributed by atoms with Crippen LogP contribution in [0.3, 0.4) is 0 Å². The van der Waals surface area contributed by atoms with Crippen LogP contribution in [0.25, 0.3) is 0 Å². The molecule has 0 aliphatic carbocycles. The number of nitrogens with one attached hydrogen (secondary N) is 2. The van der Waals surface area contributed by atoms with Crippen molar-refractivity contribution in [3.8, 4) is 11.5 Å². The summed E-state index contributed by atoms with van der Waals surface area (Å²) in [5, 5.41) is 17.3. The van der Waals surface area contributed by atoms with Crippen molar-refractivity contribution in [1.29, 1.82) is 0 Å². The molecule has 3 aromatic carbocycles. The fourth-order valence-electron chi connectivity index (χ4n) is 5.22. The molecule has 4 atom stereocenters. The van der Waals surface area contributed by atoms with E-state index in [4.69, 9.17) is 14.2 Å². The van der Waals surface area contributed by atoms with E-state index in [1.807, 2.05) is 88.4 Å². The zero-order chi connectivity index (χ0) is 34.0. The molecule has 0 spiro atoms. The number of aliphatic hydroxyl groups excluding tert-OH is 1. The minimum Gasteiger partial charge on any atom is -0.454 e. The van der Waals surface area contributed by atoms with E-state index in [-0.39, 0.29) is 49.6 Å². The first kappa shape index (κ1) is 35.7. The molecule has 47 heavy (non-hydrogen) atoms. The van der Waals surface area contributed by atoms with Crippen molar-refractivity contribution in [2.45, 2.75) is 70.2 Å². The molecule has 1 unspecified atom stereocenters. The molecule has 0 aromatic heterocycles. The Bertz CT molecular complexity index is 1570. The van der Waals surface area contributed by atoms with Gasteiger partial charge in [0, 0.05) is 19.2 Å². The van der Waals surface area contributed by atoms with Gasteiger partial charge in [0.1, 0.15) is 12.6 Å². The van der Waals surface area contributed by atoms with Crippen molar-refractivity contribution in [2.24, 2.45) is 11.8 Å². The monoisotopic (exact) mass is 667 g/mol. The number of hydrogen-bond donors (Lipinski definition) is 3. The Morgan fingerprint density at radius 1 is 0.894 bits per heavy atom. The van der Waals surface area contributed by atoms with Crippen molar-refractivity contribution in [2.75, 3.05) is 19.9 Å². The van der Waals surface area contributed by atoms with E-state index in [0.29, 0.717) is 17.9 Å². The topological polar surface area (TPSA) is 143 Å². The molecule has 1 aliphatic heterocycles. The van der Waals surface area contributed by atoms with Gasteiger partial charge in [-0.3, -0.25) is 4.79 Å². The summed E-state index contributed by atoms with van der Waals surface area (Å²) in [6.45, 7) is 7.41. The molecule has 3 N–H and O–H groups in total. The Hall–Kier alpha value is -4.13. The number of amides is 2. The maximum absolute atomic E-state index is 13.9. The maximum atomic E-state index is 13.9. The second-order valence-corrected chi connectivity index (χ2v) is 14.1. The first-order chi connectivity index (χ1) is 22.5. The molecule has 12 heteroatoms. The molecule has 11 nitrogen and oxygen atoms in total. The average molecular weight is 668 g/mol. The first-order valence-electron chi connectivity index (χ1n) is 15.9. The van der Waals surface area contributed by atoms with E-state index >= 15 is 0 Å². The summed E-state index contributed by atoms with van der Waals surface area (Å²) >= 11 is 0. The zero-order valence-corrected chi connectivity index (χ0v) is 28.1. The molecule has 0 saturated heterocycles. The first-order valence-corrected chi connectivity index (χ1v) is 17.3. The molecule has 3 aromatic rings. The normalized spacial score (nSPS) is 15.1. The van der Waals surface area contributed by atoms with Crippen LogP contribution >= 0.6 is 0 Å². The van der Waals surface area contributed by atoms with E-state index in [0.717, 1.165) is 11.1 Å². The summed E-state index contributed by atoms with van der Waals surface area (Å²) in [6, 6.07) is 21.1. The van der Waals surface area contributed by atoms with Crippen LogP contribution in [-0.4, -0.2) is 67.9 Å². The second-order valence-electron chi connectivity index (χ2n) is 12.2. The van der Waals surface area contributed by atoms with Gasteiger partial charge in [-0.2, -0.15) is 4.31 Å². The Balaban J connectivity index is 1.54. The average Bonchev–Trinajstić information content (AvgIpc) is 3.54. The fourth-order valence-corrected chi connectivity index (χ4v) is 6.86. The molecule has 2 amide bonds. The number of ether oxygens (including phenoxy) is 3. The molecular formula is C35H45N3O8S. The minimum absolute atomic E-state index is 0.00533. The third kappa shape index (κ3) is 9.93. The Labute approximate surface area is 277 Å². The van der Waals surface area contributed by atoms with E-state index < -0.39 is 40.2 Å². The maximum Gasteiger partial charge on any atom is 0.408 e. The highest BCUT2D eigenvalue weighted by molar-refractivity contribution is 7.89.